The first-order valence-corrected chi connectivity index (χ1v) is 35.6. The molecule has 1 amide bonds. The van der Waals surface area contributed by atoms with Crippen molar-refractivity contribution in [3.63, 3.8) is 0 Å². The number of hydrogen-bond donors (Lipinski definition) is 3. The summed E-state index contributed by atoms with van der Waals surface area (Å²) in [6.07, 6.45) is 85.1. The Kier molecular flexibility index (Phi) is 66.4. The number of amides is 1. The summed E-state index contributed by atoms with van der Waals surface area (Å²) in [4.78, 5) is 24.6. The van der Waals surface area contributed by atoms with Gasteiger partial charge in [-0.25, -0.2) is 0 Å². The van der Waals surface area contributed by atoms with Gasteiger partial charge >= 0.3 is 5.97 Å². The Labute approximate surface area is 488 Å². The highest BCUT2D eigenvalue weighted by molar-refractivity contribution is 5.76. The van der Waals surface area contributed by atoms with Crippen LogP contribution in [0.1, 0.15) is 399 Å². The first kappa shape index (κ1) is 76.3. The molecule has 0 aromatic rings. The molecule has 0 heterocycles. The summed E-state index contributed by atoms with van der Waals surface area (Å²) in [6, 6.07) is -0.543. The van der Waals surface area contributed by atoms with Crippen LogP contribution in [-0.4, -0.2) is 47.4 Å². The number of allylic oxidation sites excluding steroid dienone is 4. The van der Waals surface area contributed by atoms with Gasteiger partial charge in [-0.3, -0.25) is 9.59 Å². The molecule has 0 aliphatic heterocycles. The number of carbonyl (C=O) groups is 2. The van der Waals surface area contributed by atoms with Gasteiger partial charge in [-0.15, -0.1) is 0 Å². The zero-order valence-corrected chi connectivity index (χ0v) is 52.9. The molecule has 2 atom stereocenters. The van der Waals surface area contributed by atoms with Gasteiger partial charge in [-0.1, -0.05) is 359 Å². The number of esters is 1. The minimum absolute atomic E-state index is 0.000729. The van der Waals surface area contributed by atoms with E-state index in [2.05, 4.69) is 43.5 Å². The molecule has 0 aliphatic carbocycles. The van der Waals surface area contributed by atoms with Crippen molar-refractivity contribution in [2.24, 2.45) is 0 Å². The fraction of sp³-hybridized carbons (Fsp3) is 0.917. The maximum atomic E-state index is 12.6. The van der Waals surface area contributed by atoms with E-state index in [1.807, 2.05) is 0 Å². The van der Waals surface area contributed by atoms with Crippen molar-refractivity contribution in [1.29, 1.82) is 0 Å². The Balaban J connectivity index is 3.38. The zero-order chi connectivity index (χ0) is 56.4. The van der Waals surface area contributed by atoms with Gasteiger partial charge in [-0.05, 0) is 51.4 Å². The molecule has 0 bridgehead atoms. The third kappa shape index (κ3) is 63.5. The molecule has 462 valence electrons. The Morgan fingerprint density at radius 2 is 0.654 bits per heavy atom. The van der Waals surface area contributed by atoms with Gasteiger partial charge in [-0.2, -0.15) is 0 Å². The molecule has 2 unspecified atom stereocenters. The lowest BCUT2D eigenvalue weighted by atomic mass is 10.0. The van der Waals surface area contributed by atoms with Crippen molar-refractivity contribution in [1.82, 2.24) is 5.32 Å². The largest absolute Gasteiger partial charge is 0.466 e. The SMILES string of the molecule is CCCC/C=C\C/C=C\CCCCCCCC(=O)OCCCCCCCCCCCCCCCCCCCCCCCCCC(=O)NC(CO)C(O)CCCCCCCCCCCCCCCCCCCCCCCCCC. The summed E-state index contributed by atoms with van der Waals surface area (Å²) in [5, 5.41) is 23.5. The number of unbranched alkanes of at least 4 members (excludes halogenated alkanes) is 52. The maximum absolute atomic E-state index is 12.6. The van der Waals surface area contributed by atoms with E-state index in [-0.39, 0.29) is 18.5 Å². The molecule has 0 radical (unpaired) electrons. The monoisotopic (exact) mass is 1100 g/mol. The molecule has 0 aromatic carbocycles. The summed E-state index contributed by atoms with van der Waals surface area (Å²) < 4.78 is 5.48. The summed E-state index contributed by atoms with van der Waals surface area (Å²) >= 11 is 0. The second kappa shape index (κ2) is 67.8. The molecule has 6 heteroatoms. The fourth-order valence-corrected chi connectivity index (χ4v) is 11.3. The lowest BCUT2D eigenvalue weighted by molar-refractivity contribution is -0.143. The van der Waals surface area contributed by atoms with E-state index in [0.717, 1.165) is 51.4 Å². The topological polar surface area (TPSA) is 95.9 Å². The Hall–Kier alpha value is -1.66. The van der Waals surface area contributed by atoms with Crippen LogP contribution in [0.3, 0.4) is 0 Å². The van der Waals surface area contributed by atoms with E-state index in [1.54, 1.807) is 0 Å². The van der Waals surface area contributed by atoms with Crippen LogP contribution >= 0.6 is 0 Å². The Morgan fingerprint density at radius 1 is 0.359 bits per heavy atom. The molecular formula is C72H139NO5. The van der Waals surface area contributed by atoms with Crippen LogP contribution in [0.5, 0.6) is 0 Å². The third-order valence-electron chi connectivity index (χ3n) is 16.8. The molecule has 6 nitrogen and oxygen atoms in total. The number of nitrogens with one attached hydrogen (secondary N) is 1. The number of aliphatic hydroxyl groups is 2. The van der Waals surface area contributed by atoms with Gasteiger partial charge in [0.2, 0.25) is 5.91 Å². The van der Waals surface area contributed by atoms with Crippen LogP contribution in [-0.2, 0) is 14.3 Å². The van der Waals surface area contributed by atoms with Crippen LogP contribution in [0.25, 0.3) is 0 Å². The molecule has 0 aliphatic rings. The molecule has 0 fully saturated rings. The Morgan fingerprint density at radius 3 is 1.01 bits per heavy atom. The van der Waals surface area contributed by atoms with Crippen LogP contribution in [0.2, 0.25) is 0 Å². The van der Waals surface area contributed by atoms with Crippen molar-refractivity contribution < 1.29 is 24.5 Å². The lowest BCUT2D eigenvalue weighted by Crippen LogP contribution is -2.45. The first-order chi connectivity index (χ1) is 38.5. The van der Waals surface area contributed by atoms with Crippen molar-refractivity contribution in [2.75, 3.05) is 13.2 Å². The van der Waals surface area contributed by atoms with E-state index in [9.17, 15) is 19.8 Å². The van der Waals surface area contributed by atoms with Crippen molar-refractivity contribution in [3.8, 4) is 0 Å². The van der Waals surface area contributed by atoms with Gasteiger partial charge in [0, 0.05) is 12.8 Å². The van der Waals surface area contributed by atoms with Crippen molar-refractivity contribution in [3.05, 3.63) is 24.3 Å². The lowest BCUT2D eigenvalue weighted by Gasteiger charge is -2.22. The highest BCUT2D eigenvalue weighted by Crippen LogP contribution is 2.19. The highest BCUT2D eigenvalue weighted by atomic mass is 16.5. The third-order valence-corrected chi connectivity index (χ3v) is 16.8. The molecule has 0 rings (SSSR count). The number of carbonyl (C=O) groups excluding carboxylic acids is 2. The number of rotatable bonds is 67. The van der Waals surface area contributed by atoms with E-state index < -0.39 is 12.1 Å². The zero-order valence-electron chi connectivity index (χ0n) is 52.9. The fourth-order valence-electron chi connectivity index (χ4n) is 11.3. The van der Waals surface area contributed by atoms with Crippen LogP contribution in [0, 0.1) is 0 Å². The molecule has 0 saturated heterocycles. The standard InChI is InChI=1S/C72H139NO5/c1-3-5-7-9-11-13-15-17-19-20-21-22-23-25-28-31-34-37-40-44-48-52-56-60-64-70(75)69(68-74)73-71(76)65-61-57-53-49-45-41-38-35-32-29-26-24-27-30-33-36-39-43-47-51-55-59-63-67-78-72(77)66-62-58-54-50-46-42-18-16-14-12-10-8-6-4-2/h10,12,16,18,69-70,74-75H,3-9,11,13-15,17,19-68H2,1-2H3,(H,73,76)/b12-10-,18-16-. The summed E-state index contributed by atoms with van der Waals surface area (Å²) in [5.74, 6) is -0.0290. The van der Waals surface area contributed by atoms with Gasteiger partial charge < -0.3 is 20.3 Å². The summed E-state index contributed by atoms with van der Waals surface area (Å²) in [6.45, 7) is 4.94. The van der Waals surface area contributed by atoms with E-state index in [4.69, 9.17) is 4.74 Å². The van der Waals surface area contributed by atoms with Gasteiger partial charge in [0.15, 0.2) is 0 Å². The average Bonchev–Trinajstić information content (AvgIpc) is 3.44. The smallest absolute Gasteiger partial charge is 0.305 e. The van der Waals surface area contributed by atoms with E-state index in [0.29, 0.717) is 25.9 Å². The van der Waals surface area contributed by atoms with Crippen LogP contribution < -0.4 is 5.32 Å². The van der Waals surface area contributed by atoms with Crippen molar-refractivity contribution >= 4 is 11.9 Å². The predicted octanol–water partition coefficient (Wildman–Crippen LogP) is 22.9. The second-order valence-electron chi connectivity index (χ2n) is 24.6. The van der Waals surface area contributed by atoms with Gasteiger partial charge in [0.25, 0.3) is 0 Å². The van der Waals surface area contributed by atoms with Crippen LogP contribution in [0.15, 0.2) is 24.3 Å². The summed E-state index contributed by atoms with van der Waals surface area (Å²) in [5.41, 5.74) is 0. The molecular weight excluding hydrogens is 959 g/mol. The minimum Gasteiger partial charge on any atom is -0.466 e. The number of aliphatic hydroxyl groups excluding tert-OH is 2. The normalized spacial score (nSPS) is 12.6. The first-order valence-electron chi connectivity index (χ1n) is 35.6. The van der Waals surface area contributed by atoms with E-state index >= 15 is 0 Å². The van der Waals surface area contributed by atoms with Crippen molar-refractivity contribution in [2.45, 2.75) is 411 Å². The Bertz CT molecular complexity index is 1220. The molecule has 3 N–H and O–H groups in total. The van der Waals surface area contributed by atoms with E-state index in [1.165, 1.54) is 315 Å². The quantitative estimate of drug-likeness (QED) is 0.0320. The van der Waals surface area contributed by atoms with Gasteiger partial charge in [0.1, 0.15) is 0 Å². The molecule has 0 spiro atoms. The summed E-state index contributed by atoms with van der Waals surface area (Å²) in [7, 11) is 0. The van der Waals surface area contributed by atoms with Crippen LogP contribution in [0.4, 0.5) is 0 Å². The molecule has 0 saturated carbocycles. The molecule has 78 heavy (non-hydrogen) atoms. The highest BCUT2D eigenvalue weighted by Gasteiger charge is 2.20. The van der Waals surface area contributed by atoms with Gasteiger partial charge in [0.05, 0.1) is 25.4 Å². The molecule has 0 aromatic heterocycles. The number of hydrogen-bond acceptors (Lipinski definition) is 5. The maximum Gasteiger partial charge on any atom is 0.305 e. The minimum atomic E-state index is -0.665. The predicted molar refractivity (Wildman–Crippen MR) is 343 cm³/mol. The second-order valence-corrected chi connectivity index (χ2v) is 24.6. The average molecular weight is 1100 g/mol. The number of ether oxygens (including phenoxy) is 1.